The summed E-state index contributed by atoms with van der Waals surface area (Å²) in [6.07, 6.45) is 3.29. The van der Waals surface area contributed by atoms with Crippen molar-refractivity contribution in [2.75, 3.05) is 0 Å². The first kappa shape index (κ1) is 11.0. The van der Waals surface area contributed by atoms with E-state index in [1.165, 1.54) is 0 Å². The highest BCUT2D eigenvalue weighted by molar-refractivity contribution is 5.09. The lowest BCUT2D eigenvalue weighted by atomic mass is 10.1. The van der Waals surface area contributed by atoms with E-state index in [1.54, 1.807) is 17.1 Å². The Morgan fingerprint density at radius 1 is 1.36 bits per heavy atom. The van der Waals surface area contributed by atoms with Crippen molar-refractivity contribution in [1.82, 2.24) is 9.55 Å². The molecule has 14 heavy (non-hydrogen) atoms. The fourth-order valence-corrected chi connectivity index (χ4v) is 1.39. The van der Waals surface area contributed by atoms with Gasteiger partial charge in [-0.25, -0.2) is 4.98 Å². The predicted octanol–water partition coefficient (Wildman–Crippen LogP) is 2.02. The predicted molar refractivity (Wildman–Crippen MR) is 57.4 cm³/mol. The van der Waals surface area contributed by atoms with Gasteiger partial charge in [-0.15, -0.1) is 0 Å². The van der Waals surface area contributed by atoms with Gasteiger partial charge < -0.3 is 0 Å². The molecule has 0 saturated heterocycles. The van der Waals surface area contributed by atoms with E-state index in [4.69, 9.17) is 0 Å². The summed E-state index contributed by atoms with van der Waals surface area (Å²) >= 11 is 0. The van der Waals surface area contributed by atoms with Crippen LogP contribution in [0, 0.1) is 5.92 Å². The molecule has 0 saturated carbocycles. The van der Waals surface area contributed by atoms with Crippen LogP contribution < -0.4 is 5.56 Å². The third-order valence-corrected chi connectivity index (χ3v) is 2.11. The van der Waals surface area contributed by atoms with Gasteiger partial charge in [0.15, 0.2) is 0 Å². The lowest BCUT2D eigenvalue weighted by molar-refractivity contribution is 0.500. The van der Waals surface area contributed by atoms with Crippen molar-refractivity contribution in [3.8, 4) is 0 Å². The second kappa shape index (κ2) is 4.40. The SMILES string of the molecule is CC(C)Cn1cncc(C(C)C)c1=O. The largest absolute Gasteiger partial charge is 0.299 e. The van der Waals surface area contributed by atoms with E-state index in [9.17, 15) is 4.79 Å². The van der Waals surface area contributed by atoms with E-state index in [-0.39, 0.29) is 11.5 Å². The molecule has 0 N–H and O–H groups in total. The molecule has 0 aliphatic rings. The molecule has 0 aliphatic heterocycles. The molecule has 0 atom stereocenters. The zero-order valence-electron chi connectivity index (χ0n) is 9.32. The minimum atomic E-state index is 0.101. The van der Waals surface area contributed by atoms with Gasteiger partial charge in [-0.3, -0.25) is 9.36 Å². The third kappa shape index (κ3) is 2.44. The van der Waals surface area contributed by atoms with Gasteiger partial charge in [-0.05, 0) is 11.8 Å². The van der Waals surface area contributed by atoms with Crippen LogP contribution in [-0.4, -0.2) is 9.55 Å². The summed E-state index contributed by atoms with van der Waals surface area (Å²) in [5.74, 6) is 0.714. The zero-order chi connectivity index (χ0) is 10.7. The highest BCUT2D eigenvalue weighted by Gasteiger charge is 2.08. The van der Waals surface area contributed by atoms with Crippen LogP contribution in [0.5, 0.6) is 0 Å². The van der Waals surface area contributed by atoms with Crippen molar-refractivity contribution in [2.24, 2.45) is 5.92 Å². The Hall–Kier alpha value is -1.12. The Kier molecular flexibility index (Phi) is 3.44. The summed E-state index contributed by atoms with van der Waals surface area (Å²) in [6.45, 7) is 8.95. The summed E-state index contributed by atoms with van der Waals surface area (Å²) < 4.78 is 1.69. The molecule has 0 amide bonds. The van der Waals surface area contributed by atoms with Crippen LogP contribution in [0.1, 0.15) is 39.2 Å². The quantitative estimate of drug-likeness (QED) is 0.738. The smallest absolute Gasteiger partial charge is 0.256 e. The second-order valence-electron chi connectivity index (χ2n) is 4.36. The monoisotopic (exact) mass is 194 g/mol. The maximum absolute atomic E-state index is 11.9. The van der Waals surface area contributed by atoms with E-state index in [2.05, 4.69) is 18.8 Å². The van der Waals surface area contributed by atoms with E-state index in [0.717, 1.165) is 12.1 Å². The number of hydrogen-bond donors (Lipinski definition) is 0. The van der Waals surface area contributed by atoms with Crippen LogP contribution in [0.25, 0.3) is 0 Å². The normalized spacial score (nSPS) is 11.3. The topological polar surface area (TPSA) is 34.9 Å². The summed E-state index contributed by atoms with van der Waals surface area (Å²) in [6, 6.07) is 0. The fraction of sp³-hybridized carbons (Fsp3) is 0.636. The van der Waals surface area contributed by atoms with Crippen LogP contribution in [0.4, 0.5) is 0 Å². The van der Waals surface area contributed by atoms with Crippen molar-refractivity contribution in [2.45, 2.75) is 40.2 Å². The Bertz CT molecular complexity index is 353. The van der Waals surface area contributed by atoms with E-state index in [0.29, 0.717) is 5.92 Å². The second-order valence-corrected chi connectivity index (χ2v) is 4.36. The lowest BCUT2D eigenvalue weighted by Crippen LogP contribution is -2.26. The van der Waals surface area contributed by atoms with E-state index >= 15 is 0 Å². The molecule has 3 nitrogen and oxygen atoms in total. The molecular formula is C11H18N2O. The molecule has 3 heteroatoms. The molecule has 1 heterocycles. The van der Waals surface area contributed by atoms with Crippen molar-refractivity contribution in [3.63, 3.8) is 0 Å². The Morgan fingerprint density at radius 2 is 2.00 bits per heavy atom. The van der Waals surface area contributed by atoms with Gasteiger partial charge >= 0.3 is 0 Å². The average molecular weight is 194 g/mol. The fourth-order valence-electron chi connectivity index (χ4n) is 1.39. The van der Waals surface area contributed by atoms with Gasteiger partial charge in [-0.1, -0.05) is 27.7 Å². The first-order chi connectivity index (χ1) is 6.52. The average Bonchev–Trinajstić information content (AvgIpc) is 2.07. The van der Waals surface area contributed by atoms with Crippen molar-refractivity contribution >= 4 is 0 Å². The minimum absolute atomic E-state index is 0.101. The van der Waals surface area contributed by atoms with Crippen LogP contribution in [0.2, 0.25) is 0 Å². The summed E-state index contributed by atoms with van der Waals surface area (Å²) in [5, 5.41) is 0. The van der Waals surface area contributed by atoms with Crippen LogP contribution in [0.3, 0.4) is 0 Å². The van der Waals surface area contributed by atoms with Gasteiger partial charge in [0.1, 0.15) is 0 Å². The first-order valence-corrected chi connectivity index (χ1v) is 5.06. The number of nitrogens with zero attached hydrogens (tertiary/aromatic N) is 2. The molecule has 0 unspecified atom stereocenters. The molecule has 1 aromatic rings. The van der Waals surface area contributed by atoms with Gasteiger partial charge in [0.05, 0.1) is 6.33 Å². The lowest BCUT2D eigenvalue weighted by Gasteiger charge is -2.10. The Balaban J connectivity index is 3.08. The van der Waals surface area contributed by atoms with E-state index < -0.39 is 0 Å². The van der Waals surface area contributed by atoms with E-state index in [1.807, 2.05) is 13.8 Å². The molecule has 0 fully saturated rings. The molecule has 78 valence electrons. The number of hydrogen-bond acceptors (Lipinski definition) is 2. The molecule has 1 aromatic heterocycles. The van der Waals surface area contributed by atoms with Crippen molar-refractivity contribution < 1.29 is 0 Å². The van der Waals surface area contributed by atoms with Crippen molar-refractivity contribution in [3.05, 3.63) is 28.4 Å². The van der Waals surface area contributed by atoms with Gasteiger partial charge in [-0.2, -0.15) is 0 Å². The molecule has 0 spiro atoms. The summed E-state index contributed by atoms with van der Waals surface area (Å²) in [4.78, 5) is 16.0. The maximum Gasteiger partial charge on any atom is 0.256 e. The first-order valence-electron chi connectivity index (χ1n) is 5.06. The molecule has 0 aliphatic carbocycles. The van der Waals surface area contributed by atoms with Gasteiger partial charge in [0.25, 0.3) is 5.56 Å². The number of rotatable bonds is 3. The highest BCUT2D eigenvalue weighted by atomic mass is 16.1. The molecule has 1 rings (SSSR count). The highest BCUT2D eigenvalue weighted by Crippen LogP contribution is 2.07. The molecular weight excluding hydrogens is 176 g/mol. The summed E-state index contributed by atoms with van der Waals surface area (Å²) in [5.41, 5.74) is 0.900. The Morgan fingerprint density at radius 3 is 2.50 bits per heavy atom. The van der Waals surface area contributed by atoms with Gasteiger partial charge in [0.2, 0.25) is 0 Å². The van der Waals surface area contributed by atoms with Crippen molar-refractivity contribution in [1.29, 1.82) is 0 Å². The molecule has 0 aromatic carbocycles. The van der Waals surface area contributed by atoms with Crippen LogP contribution in [0.15, 0.2) is 17.3 Å². The zero-order valence-corrected chi connectivity index (χ0v) is 9.32. The molecule has 0 bridgehead atoms. The van der Waals surface area contributed by atoms with Gasteiger partial charge in [0, 0.05) is 18.3 Å². The van der Waals surface area contributed by atoms with Crippen LogP contribution >= 0.6 is 0 Å². The summed E-state index contributed by atoms with van der Waals surface area (Å²) in [7, 11) is 0. The number of aromatic nitrogens is 2. The minimum Gasteiger partial charge on any atom is -0.299 e. The standard InChI is InChI=1S/C11H18N2O/c1-8(2)6-13-7-12-5-10(9(3)4)11(13)14/h5,7-9H,6H2,1-4H3. The maximum atomic E-state index is 11.9. The van der Waals surface area contributed by atoms with Crippen LogP contribution in [-0.2, 0) is 6.54 Å². The third-order valence-electron chi connectivity index (χ3n) is 2.11. The molecule has 0 radical (unpaired) electrons. The Labute approximate surface area is 84.8 Å².